The van der Waals surface area contributed by atoms with Crippen LogP contribution in [0.3, 0.4) is 0 Å². The highest BCUT2D eigenvalue weighted by atomic mass is 16.5. The van der Waals surface area contributed by atoms with Gasteiger partial charge < -0.3 is 20.1 Å². The molecule has 1 aromatic heterocycles. The van der Waals surface area contributed by atoms with Crippen molar-refractivity contribution in [3.8, 4) is 6.01 Å². The Morgan fingerprint density at radius 1 is 1.29 bits per heavy atom. The summed E-state index contributed by atoms with van der Waals surface area (Å²) in [4.78, 5) is 15.1. The Bertz CT molecular complexity index is 443. The van der Waals surface area contributed by atoms with Crippen LogP contribution in [0.2, 0.25) is 0 Å². The van der Waals surface area contributed by atoms with Crippen LogP contribution in [-0.2, 0) is 0 Å². The Morgan fingerprint density at radius 3 is 2.86 bits per heavy atom. The van der Waals surface area contributed by atoms with Crippen molar-refractivity contribution in [3.63, 3.8) is 0 Å². The second-order valence-corrected chi connectivity index (χ2v) is 5.22. The van der Waals surface area contributed by atoms with Crippen molar-refractivity contribution in [2.24, 2.45) is 0 Å². The molecule has 2 rings (SSSR count). The molecule has 1 aromatic rings. The van der Waals surface area contributed by atoms with Gasteiger partial charge in [0.05, 0.1) is 19.3 Å². The summed E-state index contributed by atoms with van der Waals surface area (Å²) in [6.45, 7) is 3.59. The average molecular weight is 295 g/mol. The van der Waals surface area contributed by atoms with Gasteiger partial charge in [0.15, 0.2) is 0 Å². The van der Waals surface area contributed by atoms with Crippen LogP contribution < -0.4 is 15.0 Å². The molecule has 118 valence electrons. The van der Waals surface area contributed by atoms with Crippen LogP contribution in [0.4, 0.5) is 11.9 Å². The van der Waals surface area contributed by atoms with Gasteiger partial charge in [-0.3, -0.25) is 0 Å². The summed E-state index contributed by atoms with van der Waals surface area (Å²) in [5.41, 5.74) is 0. The molecular formula is C14H25N5O2. The summed E-state index contributed by atoms with van der Waals surface area (Å²) in [6, 6.07) is 0.408. The zero-order valence-corrected chi connectivity index (χ0v) is 12.9. The number of ether oxygens (including phenoxy) is 1. The monoisotopic (exact) mass is 295 g/mol. The van der Waals surface area contributed by atoms with Crippen LogP contribution >= 0.6 is 0 Å². The van der Waals surface area contributed by atoms with E-state index in [4.69, 9.17) is 4.74 Å². The first-order chi connectivity index (χ1) is 10.3. The molecule has 0 amide bonds. The second-order valence-electron chi connectivity index (χ2n) is 5.22. The van der Waals surface area contributed by atoms with Crippen LogP contribution in [0, 0.1) is 0 Å². The predicted molar refractivity (Wildman–Crippen MR) is 81.8 cm³/mol. The molecule has 0 aliphatic carbocycles. The summed E-state index contributed by atoms with van der Waals surface area (Å²) in [5, 5.41) is 12.6. The number of aromatic nitrogens is 3. The quantitative estimate of drug-likeness (QED) is 0.821. The Hall–Kier alpha value is -1.63. The summed E-state index contributed by atoms with van der Waals surface area (Å²) in [7, 11) is 1.77. The fourth-order valence-corrected chi connectivity index (χ4v) is 2.47. The van der Waals surface area contributed by atoms with Gasteiger partial charge in [0.2, 0.25) is 11.9 Å². The van der Waals surface area contributed by atoms with E-state index in [1.807, 2.05) is 6.92 Å². The molecule has 2 heterocycles. The number of nitrogens with zero attached hydrogens (tertiary/aromatic N) is 4. The van der Waals surface area contributed by atoms with Crippen molar-refractivity contribution in [2.45, 2.75) is 45.1 Å². The van der Waals surface area contributed by atoms with E-state index in [1.54, 1.807) is 7.05 Å². The molecule has 0 spiro atoms. The van der Waals surface area contributed by atoms with Crippen molar-refractivity contribution in [1.29, 1.82) is 0 Å². The van der Waals surface area contributed by atoms with Crippen LogP contribution in [0.5, 0.6) is 6.01 Å². The molecule has 2 N–H and O–H groups in total. The molecule has 1 unspecified atom stereocenters. The van der Waals surface area contributed by atoms with E-state index >= 15 is 0 Å². The SMILES string of the molecule is CCCOc1nc(NC)nc(N2CCCCCC2CO)n1. The normalized spacial score (nSPS) is 19.2. The highest BCUT2D eigenvalue weighted by Crippen LogP contribution is 2.23. The number of aliphatic hydroxyl groups excluding tert-OH is 1. The van der Waals surface area contributed by atoms with Crippen LogP contribution in [0.1, 0.15) is 39.0 Å². The number of nitrogens with one attached hydrogen (secondary N) is 1. The standard InChI is InChI=1S/C14H25N5O2/c1-3-9-21-14-17-12(15-2)16-13(18-14)19-8-6-4-5-7-11(19)10-20/h11,20H,3-10H2,1-2H3,(H,15,16,17,18). The van der Waals surface area contributed by atoms with Crippen molar-refractivity contribution in [2.75, 3.05) is 37.0 Å². The zero-order valence-electron chi connectivity index (χ0n) is 12.9. The molecule has 1 fully saturated rings. The minimum atomic E-state index is 0.0682. The lowest BCUT2D eigenvalue weighted by atomic mass is 10.1. The number of hydrogen-bond donors (Lipinski definition) is 2. The maximum absolute atomic E-state index is 9.63. The summed E-state index contributed by atoms with van der Waals surface area (Å²) in [6.07, 6.45) is 5.25. The third-order valence-electron chi connectivity index (χ3n) is 3.61. The second kappa shape index (κ2) is 7.97. The van der Waals surface area contributed by atoms with Gasteiger partial charge in [-0.25, -0.2) is 0 Å². The van der Waals surface area contributed by atoms with Gasteiger partial charge in [-0.05, 0) is 19.3 Å². The smallest absolute Gasteiger partial charge is 0.323 e. The van der Waals surface area contributed by atoms with Crippen molar-refractivity contribution < 1.29 is 9.84 Å². The number of anilines is 2. The Balaban J connectivity index is 2.26. The van der Waals surface area contributed by atoms with Gasteiger partial charge in [0.25, 0.3) is 0 Å². The van der Waals surface area contributed by atoms with E-state index in [0.717, 1.165) is 32.2 Å². The van der Waals surface area contributed by atoms with Crippen molar-refractivity contribution in [3.05, 3.63) is 0 Å². The molecule has 1 saturated heterocycles. The van der Waals surface area contributed by atoms with Gasteiger partial charge in [-0.2, -0.15) is 15.0 Å². The number of hydrogen-bond acceptors (Lipinski definition) is 7. The first-order valence-electron chi connectivity index (χ1n) is 7.72. The molecule has 0 bridgehead atoms. The van der Waals surface area contributed by atoms with Crippen molar-refractivity contribution in [1.82, 2.24) is 15.0 Å². The lowest BCUT2D eigenvalue weighted by Crippen LogP contribution is -2.39. The lowest BCUT2D eigenvalue weighted by Gasteiger charge is -2.28. The first-order valence-corrected chi connectivity index (χ1v) is 7.72. The van der Waals surface area contributed by atoms with Crippen LogP contribution in [-0.4, -0.2) is 52.9 Å². The molecule has 1 aliphatic heterocycles. The maximum atomic E-state index is 9.63. The van der Waals surface area contributed by atoms with Gasteiger partial charge in [0.1, 0.15) is 0 Å². The molecule has 21 heavy (non-hydrogen) atoms. The maximum Gasteiger partial charge on any atom is 0.323 e. The molecule has 0 saturated carbocycles. The van der Waals surface area contributed by atoms with Crippen molar-refractivity contribution >= 4 is 11.9 Å². The third-order valence-corrected chi connectivity index (χ3v) is 3.61. The molecule has 7 nitrogen and oxygen atoms in total. The van der Waals surface area contributed by atoms with E-state index in [9.17, 15) is 5.11 Å². The van der Waals surface area contributed by atoms with E-state index in [2.05, 4.69) is 25.2 Å². The van der Waals surface area contributed by atoms with Gasteiger partial charge >= 0.3 is 6.01 Å². The Kier molecular flexibility index (Phi) is 5.98. The summed E-state index contributed by atoms with van der Waals surface area (Å²) in [5.74, 6) is 1.08. The number of aliphatic hydroxyl groups is 1. The average Bonchev–Trinajstić information content (AvgIpc) is 2.77. The largest absolute Gasteiger partial charge is 0.463 e. The van der Waals surface area contributed by atoms with Gasteiger partial charge in [0, 0.05) is 13.6 Å². The highest BCUT2D eigenvalue weighted by molar-refractivity contribution is 5.39. The minimum absolute atomic E-state index is 0.0682. The van der Waals surface area contributed by atoms with Gasteiger partial charge in [-0.15, -0.1) is 0 Å². The minimum Gasteiger partial charge on any atom is -0.463 e. The van der Waals surface area contributed by atoms with Gasteiger partial charge in [-0.1, -0.05) is 19.8 Å². The summed E-state index contributed by atoms with van der Waals surface area (Å²) >= 11 is 0. The zero-order chi connectivity index (χ0) is 15.1. The number of rotatable bonds is 6. The molecule has 0 radical (unpaired) electrons. The molecule has 0 aromatic carbocycles. The van der Waals surface area contributed by atoms with E-state index in [-0.39, 0.29) is 12.6 Å². The summed E-state index contributed by atoms with van der Waals surface area (Å²) < 4.78 is 5.54. The molecule has 1 aliphatic rings. The van der Waals surface area contributed by atoms with E-state index < -0.39 is 0 Å². The van der Waals surface area contributed by atoms with E-state index in [0.29, 0.717) is 24.5 Å². The fourth-order valence-electron chi connectivity index (χ4n) is 2.47. The topological polar surface area (TPSA) is 83.4 Å². The predicted octanol–water partition coefficient (Wildman–Crippen LogP) is 1.44. The lowest BCUT2D eigenvalue weighted by molar-refractivity contribution is 0.253. The molecule has 1 atom stereocenters. The Morgan fingerprint density at radius 2 is 2.14 bits per heavy atom. The molecular weight excluding hydrogens is 270 g/mol. The Labute approximate surface area is 125 Å². The molecule has 7 heteroatoms. The third kappa shape index (κ3) is 4.17. The fraction of sp³-hybridized carbons (Fsp3) is 0.786. The first kappa shape index (κ1) is 15.8. The highest BCUT2D eigenvalue weighted by Gasteiger charge is 2.24. The van der Waals surface area contributed by atoms with E-state index in [1.165, 1.54) is 6.42 Å². The van der Waals surface area contributed by atoms with Crippen LogP contribution in [0.25, 0.3) is 0 Å². The van der Waals surface area contributed by atoms with Crippen LogP contribution in [0.15, 0.2) is 0 Å².